The number of nitrogens with one attached hydrogen (secondary N) is 1. The van der Waals surface area contributed by atoms with Gasteiger partial charge < -0.3 is 15.8 Å². The molecule has 0 aromatic heterocycles. The second-order valence-electron chi connectivity index (χ2n) is 4.16. The molecule has 21 heavy (non-hydrogen) atoms. The van der Waals surface area contributed by atoms with Gasteiger partial charge in [0.2, 0.25) is 5.91 Å². The highest BCUT2D eigenvalue weighted by molar-refractivity contribution is 5.95. The van der Waals surface area contributed by atoms with E-state index in [1.807, 2.05) is 0 Å². The Balaban J connectivity index is 2.69. The maximum atomic E-state index is 13.8. The van der Waals surface area contributed by atoms with Crippen molar-refractivity contribution in [2.45, 2.75) is 6.92 Å². The van der Waals surface area contributed by atoms with Gasteiger partial charge in [-0.3, -0.25) is 19.7 Å². The number of amides is 2. The summed E-state index contributed by atoms with van der Waals surface area (Å²) in [5.41, 5.74) is 4.05. The lowest BCUT2D eigenvalue weighted by atomic mass is 10.1. The molecule has 0 saturated carbocycles. The lowest BCUT2D eigenvalue weighted by molar-refractivity contribution is -0.385. The molecule has 0 fully saturated rings. The van der Waals surface area contributed by atoms with Crippen LogP contribution in [-0.2, 0) is 9.53 Å². The predicted octanol–water partition coefficient (Wildman–Crippen LogP) is 0.274. The minimum absolute atomic E-state index is 0.000622. The third kappa shape index (κ3) is 4.80. The number of non-ortho nitro benzene ring substituents is 1. The van der Waals surface area contributed by atoms with Crippen molar-refractivity contribution in [1.29, 1.82) is 0 Å². The molecule has 0 saturated heterocycles. The Morgan fingerprint density at radius 2 is 2.14 bits per heavy atom. The molecule has 0 spiro atoms. The molecule has 8 nitrogen and oxygen atoms in total. The van der Waals surface area contributed by atoms with E-state index in [4.69, 9.17) is 10.5 Å². The Bertz CT molecular complexity index is 576. The van der Waals surface area contributed by atoms with Gasteiger partial charge in [-0.05, 0) is 12.5 Å². The zero-order valence-corrected chi connectivity index (χ0v) is 11.2. The van der Waals surface area contributed by atoms with Gasteiger partial charge in [-0.1, -0.05) is 0 Å². The second kappa shape index (κ2) is 7.29. The number of carbonyl (C=O) groups is 2. The molecule has 0 atom stereocenters. The van der Waals surface area contributed by atoms with Crippen molar-refractivity contribution in [3.63, 3.8) is 0 Å². The summed E-state index contributed by atoms with van der Waals surface area (Å²) in [4.78, 5) is 32.1. The van der Waals surface area contributed by atoms with Crippen LogP contribution in [-0.4, -0.2) is 36.5 Å². The van der Waals surface area contributed by atoms with E-state index >= 15 is 0 Å². The first-order chi connectivity index (χ1) is 9.82. The van der Waals surface area contributed by atoms with Gasteiger partial charge in [0.1, 0.15) is 12.4 Å². The number of nitro groups is 1. The first-order valence-corrected chi connectivity index (χ1v) is 5.91. The summed E-state index contributed by atoms with van der Waals surface area (Å²) in [5.74, 6) is -2.28. The fraction of sp³-hybridized carbons (Fsp3) is 0.333. The van der Waals surface area contributed by atoms with Gasteiger partial charge in [0, 0.05) is 18.7 Å². The summed E-state index contributed by atoms with van der Waals surface area (Å²) in [6, 6.07) is 1.91. The Morgan fingerprint density at radius 1 is 1.48 bits per heavy atom. The Labute approximate surface area is 119 Å². The van der Waals surface area contributed by atoms with Crippen molar-refractivity contribution in [3.05, 3.63) is 39.2 Å². The minimum Gasteiger partial charge on any atom is -0.370 e. The molecule has 3 N–H and O–H groups in total. The van der Waals surface area contributed by atoms with E-state index in [1.54, 1.807) is 0 Å². The normalized spacial score (nSPS) is 10.2. The molecule has 114 valence electrons. The van der Waals surface area contributed by atoms with Crippen LogP contribution in [0.3, 0.4) is 0 Å². The van der Waals surface area contributed by atoms with Crippen LogP contribution in [0.1, 0.15) is 15.9 Å². The maximum absolute atomic E-state index is 13.8. The molecule has 1 aromatic rings. The summed E-state index contributed by atoms with van der Waals surface area (Å²) < 4.78 is 18.6. The molecule has 0 unspecified atom stereocenters. The smallest absolute Gasteiger partial charge is 0.270 e. The van der Waals surface area contributed by atoms with E-state index in [2.05, 4.69) is 5.32 Å². The molecule has 1 aromatic carbocycles. The molecule has 0 heterocycles. The van der Waals surface area contributed by atoms with Crippen LogP contribution in [0, 0.1) is 22.9 Å². The van der Waals surface area contributed by atoms with Crippen molar-refractivity contribution < 1.29 is 23.6 Å². The molecule has 0 radical (unpaired) electrons. The third-order valence-electron chi connectivity index (χ3n) is 2.47. The SMILES string of the molecule is Cc1cc([N+](=O)[O-])cc(C(=O)NCCOCC(N)=O)c1F. The Hall–Kier alpha value is -2.55. The monoisotopic (exact) mass is 299 g/mol. The van der Waals surface area contributed by atoms with Crippen LogP contribution in [0.25, 0.3) is 0 Å². The summed E-state index contributed by atoms with van der Waals surface area (Å²) in [5, 5.41) is 13.0. The molecule has 0 bridgehead atoms. The van der Waals surface area contributed by atoms with Gasteiger partial charge in [-0.2, -0.15) is 0 Å². The number of rotatable bonds is 7. The summed E-state index contributed by atoms with van der Waals surface area (Å²) in [6.07, 6.45) is 0. The first-order valence-electron chi connectivity index (χ1n) is 5.91. The van der Waals surface area contributed by atoms with E-state index in [-0.39, 0.29) is 31.0 Å². The number of nitro benzene ring substituents is 1. The van der Waals surface area contributed by atoms with Gasteiger partial charge >= 0.3 is 0 Å². The van der Waals surface area contributed by atoms with E-state index in [9.17, 15) is 24.1 Å². The van der Waals surface area contributed by atoms with E-state index in [0.29, 0.717) is 0 Å². The minimum atomic E-state index is -0.823. The average molecular weight is 299 g/mol. The average Bonchev–Trinajstić information content (AvgIpc) is 2.40. The summed E-state index contributed by atoms with van der Waals surface area (Å²) >= 11 is 0. The molecule has 9 heteroatoms. The lowest BCUT2D eigenvalue weighted by Gasteiger charge is -2.08. The Kier molecular flexibility index (Phi) is 5.73. The number of carbonyl (C=O) groups excluding carboxylic acids is 2. The summed E-state index contributed by atoms with van der Waals surface area (Å²) in [6.45, 7) is 1.05. The largest absolute Gasteiger partial charge is 0.370 e. The van der Waals surface area contributed by atoms with Gasteiger partial charge in [0.15, 0.2) is 0 Å². The second-order valence-corrected chi connectivity index (χ2v) is 4.16. The van der Waals surface area contributed by atoms with E-state index in [1.165, 1.54) is 6.92 Å². The van der Waals surface area contributed by atoms with Gasteiger partial charge in [0.05, 0.1) is 17.1 Å². The number of aryl methyl sites for hydroxylation is 1. The van der Waals surface area contributed by atoms with Gasteiger partial charge in [0.25, 0.3) is 11.6 Å². The molecule has 2 amide bonds. The zero-order valence-electron chi connectivity index (χ0n) is 11.2. The van der Waals surface area contributed by atoms with E-state index in [0.717, 1.165) is 12.1 Å². The first kappa shape index (κ1) is 16.5. The molecule has 1 rings (SSSR count). The van der Waals surface area contributed by atoms with Crippen molar-refractivity contribution >= 4 is 17.5 Å². The number of nitrogens with zero attached hydrogens (tertiary/aromatic N) is 1. The molecular formula is C12H14FN3O5. The van der Waals surface area contributed by atoms with Crippen LogP contribution in [0.5, 0.6) is 0 Å². The third-order valence-corrected chi connectivity index (χ3v) is 2.47. The van der Waals surface area contributed by atoms with Crippen LogP contribution in [0.2, 0.25) is 0 Å². The van der Waals surface area contributed by atoms with Crippen LogP contribution >= 0.6 is 0 Å². The highest BCUT2D eigenvalue weighted by Crippen LogP contribution is 2.20. The number of halogens is 1. The fourth-order valence-corrected chi connectivity index (χ4v) is 1.53. The van der Waals surface area contributed by atoms with Crippen LogP contribution < -0.4 is 11.1 Å². The maximum Gasteiger partial charge on any atom is 0.270 e. The van der Waals surface area contributed by atoms with Crippen molar-refractivity contribution in [1.82, 2.24) is 5.32 Å². The van der Waals surface area contributed by atoms with Crippen LogP contribution in [0.4, 0.5) is 10.1 Å². The van der Waals surface area contributed by atoms with Crippen molar-refractivity contribution in [3.8, 4) is 0 Å². The molecular weight excluding hydrogens is 285 g/mol. The number of benzene rings is 1. The quantitative estimate of drug-likeness (QED) is 0.425. The molecule has 0 aliphatic heterocycles. The Morgan fingerprint density at radius 3 is 2.71 bits per heavy atom. The highest BCUT2D eigenvalue weighted by atomic mass is 19.1. The lowest BCUT2D eigenvalue weighted by Crippen LogP contribution is -2.29. The number of ether oxygens (including phenoxy) is 1. The topological polar surface area (TPSA) is 125 Å². The predicted molar refractivity (Wildman–Crippen MR) is 70.1 cm³/mol. The van der Waals surface area contributed by atoms with Gasteiger partial charge in [-0.25, -0.2) is 4.39 Å². The number of primary amides is 1. The summed E-state index contributed by atoms with van der Waals surface area (Å²) in [7, 11) is 0. The molecule has 0 aliphatic rings. The van der Waals surface area contributed by atoms with E-state index < -0.39 is 28.1 Å². The number of hydrogen-bond donors (Lipinski definition) is 2. The van der Waals surface area contributed by atoms with Crippen molar-refractivity contribution in [2.75, 3.05) is 19.8 Å². The van der Waals surface area contributed by atoms with Gasteiger partial charge in [-0.15, -0.1) is 0 Å². The molecule has 0 aliphatic carbocycles. The van der Waals surface area contributed by atoms with Crippen LogP contribution in [0.15, 0.2) is 12.1 Å². The standard InChI is InChI=1S/C12H14FN3O5/c1-7-4-8(16(19)20)5-9(11(7)13)12(18)15-2-3-21-6-10(14)17/h4-5H,2-3,6H2,1H3,(H2,14,17)(H,15,18). The number of nitrogens with two attached hydrogens (primary N) is 1. The highest BCUT2D eigenvalue weighted by Gasteiger charge is 2.19. The zero-order chi connectivity index (χ0) is 16.0. The number of hydrogen-bond acceptors (Lipinski definition) is 5. The fourth-order valence-electron chi connectivity index (χ4n) is 1.53. The van der Waals surface area contributed by atoms with Crippen molar-refractivity contribution in [2.24, 2.45) is 5.73 Å².